The number of hydrogen-bond acceptors (Lipinski definition) is 1. The van der Waals surface area contributed by atoms with Gasteiger partial charge in [0.1, 0.15) is 0 Å². The molecular weight excluding hydrogens is 268 g/mol. The number of thiophene rings is 1. The third-order valence-electron chi connectivity index (χ3n) is 3.44. The molecule has 0 nitrogen and oxygen atoms in total. The Kier molecular flexibility index (Phi) is 4.70. The number of rotatable bonds is 5. The molecule has 1 heterocycles. The zero-order valence-electron chi connectivity index (χ0n) is 9.12. The van der Waals surface area contributed by atoms with E-state index >= 15 is 0 Å². The van der Waals surface area contributed by atoms with Gasteiger partial charge in [0, 0.05) is 4.83 Å². The lowest BCUT2D eigenvalue weighted by Crippen LogP contribution is -2.10. The molecule has 0 aromatic carbocycles. The van der Waals surface area contributed by atoms with Crippen LogP contribution < -0.4 is 0 Å². The summed E-state index contributed by atoms with van der Waals surface area (Å²) in [5, 5.41) is 4.46. The van der Waals surface area contributed by atoms with Crippen molar-refractivity contribution in [2.75, 3.05) is 0 Å². The Bertz CT molecular complexity index is 262. The van der Waals surface area contributed by atoms with E-state index in [1.807, 2.05) is 11.3 Å². The lowest BCUT2D eigenvalue weighted by Gasteiger charge is -2.16. The van der Waals surface area contributed by atoms with Crippen LogP contribution in [0.2, 0.25) is 0 Å². The number of aryl methyl sites for hydroxylation is 1. The highest BCUT2D eigenvalue weighted by Crippen LogP contribution is 2.33. The van der Waals surface area contributed by atoms with Gasteiger partial charge in [0.15, 0.2) is 0 Å². The van der Waals surface area contributed by atoms with E-state index in [0.29, 0.717) is 0 Å². The fourth-order valence-corrected chi connectivity index (χ4v) is 4.05. The zero-order valence-corrected chi connectivity index (χ0v) is 11.5. The van der Waals surface area contributed by atoms with Gasteiger partial charge in [0.2, 0.25) is 0 Å². The average Bonchev–Trinajstić information content (AvgIpc) is 2.90. The molecule has 0 amide bonds. The van der Waals surface area contributed by atoms with Gasteiger partial charge in [-0.15, -0.1) is 0 Å². The van der Waals surface area contributed by atoms with E-state index in [4.69, 9.17) is 0 Å². The molecular formula is C13H19BrS. The fraction of sp³-hybridized carbons (Fsp3) is 0.692. The molecule has 1 aliphatic rings. The van der Waals surface area contributed by atoms with Crippen LogP contribution >= 0.6 is 27.3 Å². The number of alkyl halides is 1. The Hall–Kier alpha value is 0.180. The maximum Gasteiger partial charge on any atom is 0.0174 e. The van der Waals surface area contributed by atoms with Crippen molar-refractivity contribution in [3.8, 4) is 0 Å². The van der Waals surface area contributed by atoms with Crippen molar-refractivity contribution in [2.24, 2.45) is 5.92 Å². The second kappa shape index (κ2) is 6.05. The monoisotopic (exact) mass is 286 g/mol. The second-order valence-electron chi connectivity index (χ2n) is 4.58. The third-order valence-corrected chi connectivity index (χ3v) is 5.37. The minimum atomic E-state index is 0.777. The van der Waals surface area contributed by atoms with Crippen molar-refractivity contribution in [1.82, 2.24) is 0 Å². The van der Waals surface area contributed by atoms with E-state index in [0.717, 1.165) is 10.7 Å². The molecule has 1 unspecified atom stereocenters. The Morgan fingerprint density at radius 3 is 2.87 bits per heavy atom. The van der Waals surface area contributed by atoms with Crippen LogP contribution in [0.15, 0.2) is 16.8 Å². The molecule has 15 heavy (non-hydrogen) atoms. The summed E-state index contributed by atoms with van der Waals surface area (Å²) in [4.78, 5) is 0.777. The summed E-state index contributed by atoms with van der Waals surface area (Å²) in [6.45, 7) is 0. The number of halogens is 1. The van der Waals surface area contributed by atoms with E-state index < -0.39 is 0 Å². The van der Waals surface area contributed by atoms with Crippen LogP contribution in [-0.4, -0.2) is 4.83 Å². The summed E-state index contributed by atoms with van der Waals surface area (Å²) >= 11 is 5.68. The lowest BCUT2D eigenvalue weighted by atomic mass is 9.99. The first-order valence-electron chi connectivity index (χ1n) is 6.01. The first-order valence-corrected chi connectivity index (χ1v) is 7.87. The van der Waals surface area contributed by atoms with Crippen molar-refractivity contribution in [2.45, 2.75) is 49.8 Å². The van der Waals surface area contributed by atoms with E-state index in [1.165, 1.54) is 50.5 Å². The molecule has 2 rings (SSSR count). The summed E-state index contributed by atoms with van der Waals surface area (Å²) in [6.07, 6.45) is 9.76. The van der Waals surface area contributed by atoms with Crippen LogP contribution in [0.4, 0.5) is 0 Å². The van der Waals surface area contributed by atoms with Crippen LogP contribution in [0.1, 0.15) is 44.1 Å². The zero-order chi connectivity index (χ0) is 10.5. The average molecular weight is 287 g/mol. The van der Waals surface area contributed by atoms with Crippen LogP contribution in [0.5, 0.6) is 0 Å². The van der Waals surface area contributed by atoms with Crippen LogP contribution in [0, 0.1) is 5.92 Å². The normalized spacial score (nSPS) is 19.5. The highest BCUT2D eigenvalue weighted by molar-refractivity contribution is 9.09. The van der Waals surface area contributed by atoms with E-state index in [9.17, 15) is 0 Å². The van der Waals surface area contributed by atoms with Gasteiger partial charge in [0.05, 0.1) is 0 Å². The standard InChI is InChI=1S/C13H19BrS/c14-13(12-5-1-2-6-12)7-3-4-11-8-9-15-10-11/h8-10,12-13H,1-7H2. The van der Waals surface area contributed by atoms with Gasteiger partial charge < -0.3 is 0 Å². The van der Waals surface area contributed by atoms with Crippen molar-refractivity contribution in [3.05, 3.63) is 22.4 Å². The summed E-state index contributed by atoms with van der Waals surface area (Å²) in [7, 11) is 0. The molecule has 0 aliphatic heterocycles. The quantitative estimate of drug-likeness (QED) is 0.667. The SMILES string of the molecule is BrC(CCCc1ccsc1)C1CCCC1. The molecule has 0 radical (unpaired) electrons. The Morgan fingerprint density at radius 2 is 2.20 bits per heavy atom. The van der Waals surface area contributed by atoms with E-state index in [1.54, 1.807) is 0 Å². The Morgan fingerprint density at radius 1 is 1.40 bits per heavy atom. The van der Waals surface area contributed by atoms with Gasteiger partial charge in [-0.2, -0.15) is 11.3 Å². The van der Waals surface area contributed by atoms with Crippen LogP contribution in [0.25, 0.3) is 0 Å². The molecule has 1 aromatic rings. The van der Waals surface area contributed by atoms with Crippen molar-refractivity contribution < 1.29 is 0 Å². The maximum atomic E-state index is 3.87. The van der Waals surface area contributed by atoms with Crippen LogP contribution in [0.3, 0.4) is 0 Å². The Labute approximate surface area is 105 Å². The first-order chi connectivity index (χ1) is 7.36. The number of hydrogen-bond donors (Lipinski definition) is 0. The molecule has 1 aliphatic carbocycles. The van der Waals surface area contributed by atoms with Gasteiger partial charge in [-0.1, -0.05) is 28.8 Å². The maximum absolute atomic E-state index is 3.87. The molecule has 0 N–H and O–H groups in total. The van der Waals surface area contributed by atoms with E-state index in [-0.39, 0.29) is 0 Å². The predicted molar refractivity (Wildman–Crippen MR) is 71.9 cm³/mol. The summed E-state index contributed by atoms with van der Waals surface area (Å²) < 4.78 is 0. The summed E-state index contributed by atoms with van der Waals surface area (Å²) in [5.74, 6) is 0.965. The summed E-state index contributed by atoms with van der Waals surface area (Å²) in [6, 6.07) is 2.25. The van der Waals surface area contributed by atoms with Crippen LogP contribution in [-0.2, 0) is 6.42 Å². The largest absolute Gasteiger partial charge is 0.152 e. The van der Waals surface area contributed by atoms with Crippen molar-refractivity contribution >= 4 is 27.3 Å². The highest BCUT2D eigenvalue weighted by atomic mass is 79.9. The molecule has 1 saturated carbocycles. The summed E-state index contributed by atoms with van der Waals surface area (Å²) in [5.41, 5.74) is 1.52. The molecule has 1 atom stereocenters. The lowest BCUT2D eigenvalue weighted by molar-refractivity contribution is 0.495. The second-order valence-corrected chi connectivity index (χ2v) is 6.54. The minimum Gasteiger partial charge on any atom is -0.152 e. The molecule has 0 saturated heterocycles. The molecule has 2 heteroatoms. The smallest absolute Gasteiger partial charge is 0.0174 e. The topological polar surface area (TPSA) is 0 Å². The molecule has 0 bridgehead atoms. The highest BCUT2D eigenvalue weighted by Gasteiger charge is 2.22. The molecule has 0 spiro atoms. The molecule has 84 valence electrons. The van der Waals surface area contributed by atoms with Crippen molar-refractivity contribution in [1.29, 1.82) is 0 Å². The van der Waals surface area contributed by atoms with E-state index in [2.05, 4.69) is 32.8 Å². The predicted octanol–water partition coefficient (Wildman–Crippen LogP) is 5.02. The van der Waals surface area contributed by atoms with Gasteiger partial charge >= 0.3 is 0 Å². The molecule has 1 aromatic heterocycles. The van der Waals surface area contributed by atoms with Gasteiger partial charge in [-0.05, 0) is 60.4 Å². The van der Waals surface area contributed by atoms with Gasteiger partial charge in [0.25, 0.3) is 0 Å². The molecule has 1 fully saturated rings. The van der Waals surface area contributed by atoms with Crippen molar-refractivity contribution in [3.63, 3.8) is 0 Å². The third kappa shape index (κ3) is 3.60. The van der Waals surface area contributed by atoms with Gasteiger partial charge in [-0.3, -0.25) is 0 Å². The Balaban J connectivity index is 1.64. The first kappa shape index (κ1) is 11.7. The minimum absolute atomic E-state index is 0.777. The van der Waals surface area contributed by atoms with Gasteiger partial charge in [-0.25, -0.2) is 0 Å². The fourth-order valence-electron chi connectivity index (χ4n) is 2.49.